The van der Waals surface area contributed by atoms with Crippen LogP contribution in [0.3, 0.4) is 0 Å². The van der Waals surface area contributed by atoms with Crippen molar-refractivity contribution < 1.29 is 18.0 Å². The predicted molar refractivity (Wildman–Crippen MR) is 119 cm³/mol. The van der Waals surface area contributed by atoms with E-state index >= 15 is 0 Å². The first kappa shape index (κ1) is 23.5. The van der Waals surface area contributed by atoms with Crippen molar-refractivity contribution >= 4 is 5.91 Å². The van der Waals surface area contributed by atoms with Crippen molar-refractivity contribution in [3.05, 3.63) is 101 Å². The minimum atomic E-state index is -4.50. The first-order valence-corrected chi connectivity index (χ1v) is 10.5. The molecule has 0 spiro atoms. The molecule has 0 N–H and O–H groups in total. The Hall–Kier alpha value is -3.15. The number of pyridine rings is 1. The lowest BCUT2D eigenvalue weighted by molar-refractivity contribution is -0.137. The van der Waals surface area contributed by atoms with E-state index in [4.69, 9.17) is 0 Å². The van der Waals surface area contributed by atoms with Gasteiger partial charge in [-0.05, 0) is 46.9 Å². The molecule has 1 aromatic heterocycles. The van der Waals surface area contributed by atoms with E-state index in [-0.39, 0.29) is 11.0 Å². The van der Waals surface area contributed by atoms with E-state index in [0.29, 0.717) is 19.5 Å². The molecule has 2 aromatic carbocycles. The highest BCUT2D eigenvalue weighted by molar-refractivity contribution is 5.94. The van der Waals surface area contributed by atoms with Crippen LogP contribution in [0.4, 0.5) is 13.2 Å². The molecular weight excluding hydrogens is 413 g/mol. The van der Waals surface area contributed by atoms with Crippen LogP contribution in [0, 0.1) is 0 Å². The largest absolute Gasteiger partial charge is 0.416 e. The summed E-state index contributed by atoms with van der Waals surface area (Å²) in [6.45, 7) is 7.01. The second-order valence-corrected chi connectivity index (χ2v) is 8.82. The molecule has 1 heterocycles. The maximum atomic E-state index is 13.2. The smallest absolute Gasteiger partial charge is 0.334 e. The minimum Gasteiger partial charge on any atom is -0.334 e. The molecule has 0 radical (unpaired) electrons. The fourth-order valence-corrected chi connectivity index (χ4v) is 3.39. The molecule has 32 heavy (non-hydrogen) atoms. The third-order valence-corrected chi connectivity index (χ3v) is 5.28. The van der Waals surface area contributed by atoms with E-state index in [1.165, 1.54) is 17.7 Å². The lowest BCUT2D eigenvalue weighted by Crippen LogP contribution is -2.33. The highest BCUT2D eigenvalue weighted by Crippen LogP contribution is 2.30. The number of hydrogen-bond acceptors (Lipinski definition) is 2. The molecule has 0 bridgehead atoms. The summed E-state index contributed by atoms with van der Waals surface area (Å²) in [4.78, 5) is 19.1. The maximum absolute atomic E-state index is 13.2. The van der Waals surface area contributed by atoms with Gasteiger partial charge in [0.1, 0.15) is 0 Å². The molecule has 0 atom stereocenters. The molecule has 168 valence electrons. The second-order valence-electron chi connectivity index (χ2n) is 8.82. The Kier molecular flexibility index (Phi) is 7.02. The molecule has 0 aliphatic rings. The van der Waals surface area contributed by atoms with Crippen molar-refractivity contribution in [1.82, 2.24) is 9.88 Å². The molecule has 0 saturated carbocycles. The van der Waals surface area contributed by atoms with Gasteiger partial charge in [0.15, 0.2) is 0 Å². The summed E-state index contributed by atoms with van der Waals surface area (Å²) in [5.41, 5.74) is 2.10. The molecule has 3 nitrogen and oxygen atoms in total. The number of aromatic nitrogens is 1. The van der Waals surface area contributed by atoms with Crippen LogP contribution in [0.1, 0.15) is 53.5 Å². The van der Waals surface area contributed by atoms with Crippen LogP contribution >= 0.6 is 0 Å². The SMILES string of the molecule is CC(C)(C)c1ccc(CN(CCc2ccccn2)C(=O)c2cccc(C(F)(F)F)c2)cc1. The number of hydrogen-bond donors (Lipinski definition) is 0. The summed E-state index contributed by atoms with van der Waals surface area (Å²) in [6, 6.07) is 18.1. The van der Waals surface area contributed by atoms with E-state index in [1.54, 1.807) is 11.1 Å². The minimum absolute atomic E-state index is 0.00501. The van der Waals surface area contributed by atoms with Gasteiger partial charge in [-0.25, -0.2) is 0 Å². The number of halogens is 3. The summed E-state index contributed by atoms with van der Waals surface area (Å²) in [6.07, 6.45) is -2.32. The molecule has 0 aliphatic heterocycles. The quantitative estimate of drug-likeness (QED) is 0.452. The van der Waals surface area contributed by atoms with Crippen molar-refractivity contribution in [2.75, 3.05) is 6.54 Å². The first-order chi connectivity index (χ1) is 15.0. The summed E-state index contributed by atoms with van der Waals surface area (Å²) in [5.74, 6) is -0.438. The molecule has 0 aliphatic carbocycles. The first-order valence-electron chi connectivity index (χ1n) is 10.5. The van der Waals surface area contributed by atoms with E-state index in [0.717, 1.165) is 23.4 Å². The van der Waals surface area contributed by atoms with Crippen LogP contribution in [0.2, 0.25) is 0 Å². The zero-order valence-corrected chi connectivity index (χ0v) is 18.5. The average Bonchev–Trinajstić information content (AvgIpc) is 2.76. The maximum Gasteiger partial charge on any atom is 0.416 e. The van der Waals surface area contributed by atoms with Gasteiger partial charge in [-0.1, -0.05) is 57.2 Å². The van der Waals surface area contributed by atoms with Gasteiger partial charge in [0, 0.05) is 37.0 Å². The van der Waals surface area contributed by atoms with Gasteiger partial charge in [0.25, 0.3) is 5.91 Å². The van der Waals surface area contributed by atoms with Gasteiger partial charge in [-0.3, -0.25) is 9.78 Å². The monoisotopic (exact) mass is 440 g/mol. The average molecular weight is 441 g/mol. The van der Waals surface area contributed by atoms with E-state index in [2.05, 4.69) is 25.8 Å². The zero-order valence-electron chi connectivity index (χ0n) is 18.5. The number of carbonyl (C=O) groups is 1. The van der Waals surface area contributed by atoms with E-state index < -0.39 is 17.6 Å². The van der Waals surface area contributed by atoms with Crippen molar-refractivity contribution in [2.24, 2.45) is 0 Å². The van der Waals surface area contributed by atoms with Gasteiger partial charge < -0.3 is 4.90 Å². The molecule has 3 rings (SSSR count). The van der Waals surface area contributed by atoms with Crippen molar-refractivity contribution in [1.29, 1.82) is 0 Å². The summed E-state index contributed by atoms with van der Waals surface area (Å²) in [5, 5.41) is 0. The Morgan fingerprint density at radius 2 is 1.62 bits per heavy atom. The Balaban J connectivity index is 1.85. The molecule has 3 aromatic rings. The molecular formula is C26H27F3N2O. The van der Waals surface area contributed by atoms with Crippen LogP contribution < -0.4 is 0 Å². The van der Waals surface area contributed by atoms with Crippen LogP contribution in [0.15, 0.2) is 72.9 Å². The van der Waals surface area contributed by atoms with Gasteiger partial charge in [0.2, 0.25) is 0 Å². The number of carbonyl (C=O) groups excluding carboxylic acids is 1. The van der Waals surface area contributed by atoms with E-state index in [1.807, 2.05) is 42.5 Å². The predicted octanol–water partition coefficient (Wildman–Crippen LogP) is 6.28. The fraction of sp³-hybridized carbons (Fsp3) is 0.308. The number of amides is 1. The topological polar surface area (TPSA) is 33.2 Å². The fourth-order valence-electron chi connectivity index (χ4n) is 3.39. The number of rotatable bonds is 6. The Morgan fingerprint density at radius 3 is 2.22 bits per heavy atom. The van der Waals surface area contributed by atoms with Gasteiger partial charge in [-0.2, -0.15) is 13.2 Å². The third-order valence-electron chi connectivity index (χ3n) is 5.28. The van der Waals surface area contributed by atoms with Gasteiger partial charge in [-0.15, -0.1) is 0 Å². The summed E-state index contributed by atoms with van der Waals surface area (Å²) >= 11 is 0. The molecule has 6 heteroatoms. The Morgan fingerprint density at radius 1 is 0.906 bits per heavy atom. The third kappa shape index (κ3) is 6.19. The Labute approximate surface area is 186 Å². The number of benzene rings is 2. The van der Waals surface area contributed by atoms with Gasteiger partial charge in [0.05, 0.1) is 5.56 Å². The number of nitrogens with zero attached hydrogens (tertiary/aromatic N) is 2. The second kappa shape index (κ2) is 9.55. The molecule has 0 unspecified atom stereocenters. The standard InChI is InChI=1S/C26H27F3N2O/c1-25(2,3)21-12-10-19(11-13-21)18-31(16-14-23-9-4-5-15-30-23)24(32)20-7-6-8-22(17-20)26(27,28)29/h4-13,15,17H,14,16,18H2,1-3H3. The van der Waals surface area contributed by atoms with Crippen LogP contribution in [0.25, 0.3) is 0 Å². The van der Waals surface area contributed by atoms with Crippen molar-refractivity contribution in [2.45, 2.75) is 45.3 Å². The summed E-state index contributed by atoms with van der Waals surface area (Å²) < 4.78 is 39.4. The molecule has 1 amide bonds. The summed E-state index contributed by atoms with van der Waals surface area (Å²) in [7, 11) is 0. The highest BCUT2D eigenvalue weighted by Gasteiger charge is 2.31. The highest BCUT2D eigenvalue weighted by atomic mass is 19.4. The normalized spacial score (nSPS) is 11.9. The van der Waals surface area contributed by atoms with Crippen LogP contribution in [-0.2, 0) is 24.6 Å². The van der Waals surface area contributed by atoms with Crippen LogP contribution in [0.5, 0.6) is 0 Å². The molecule has 0 saturated heterocycles. The van der Waals surface area contributed by atoms with Crippen molar-refractivity contribution in [3.8, 4) is 0 Å². The number of alkyl halides is 3. The van der Waals surface area contributed by atoms with Crippen LogP contribution in [-0.4, -0.2) is 22.3 Å². The van der Waals surface area contributed by atoms with Gasteiger partial charge >= 0.3 is 6.18 Å². The van der Waals surface area contributed by atoms with E-state index in [9.17, 15) is 18.0 Å². The lowest BCUT2D eigenvalue weighted by atomic mass is 9.87. The zero-order chi connectivity index (χ0) is 23.4. The van der Waals surface area contributed by atoms with Crippen molar-refractivity contribution in [3.63, 3.8) is 0 Å². The lowest BCUT2D eigenvalue weighted by Gasteiger charge is -2.24. The Bertz CT molecular complexity index is 1040. The molecule has 0 fully saturated rings.